The summed E-state index contributed by atoms with van der Waals surface area (Å²) >= 11 is 0. The molecule has 28 heavy (non-hydrogen) atoms. The first-order valence-electron chi connectivity index (χ1n) is 8.26. The van der Waals surface area contributed by atoms with Gasteiger partial charge in [0.05, 0.1) is 11.3 Å². The zero-order chi connectivity index (χ0) is 20.9. The molecule has 1 amide bonds. The summed E-state index contributed by atoms with van der Waals surface area (Å²) in [7, 11) is -4.05. The van der Waals surface area contributed by atoms with Gasteiger partial charge in [-0.2, -0.15) is 13.2 Å². The highest BCUT2D eigenvalue weighted by Gasteiger charge is 2.34. The standard InChI is InChI=1S/C18H18F4N2O3S/c1-2-9-23-17(25)13-5-3-12(4-6-13)11-28(26,27)24-14-7-8-16(19)15(10-14)18(20,21)22/h3-8,10,24H,2,9,11H2,1H3,(H,23,25). The van der Waals surface area contributed by atoms with Gasteiger partial charge in [0.1, 0.15) is 5.82 Å². The highest BCUT2D eigenvalue weighted by molar-refractivity contribution is 7.91. The SMILES string of the molecule is CCCNC(=O)c1ccc(CS(=O)(=O)Nc2ccc(F)c(C(F)(F)F)c2)cc1. The molecular formula is C18H18F4N2O3S. The normalized spacial score (nSPS) is 11.9. The maximum absolute atomic E-state index is 13.3. The molecule has 0 aliphatic heterocycles. The molecule has 2 N–H and O–H groups in total. The third-order valence-corrected chi connectivity index (χ3v) is 4.91. The summed E-state index contributed by atoms with van der Waals surface area (Å²) < 4.78 is 77.9. The highest BCUT2D eigenvalue weighted by Crippen LogP contribution is 2.33. The van der Waals surface area contributed by atoms with Crippen molar-refractivity contribution in [2.24, 2.45) is 0 Å². The molecule has 2 rings (SSSR count). The van der Waals surface area contributed by atoms with Gasteiger partial charge in [-0.05, 0) is 42.3 Å². The molecule has 5 nitrogen and oxygen atoms in total. The molecule has 0 spiro atoms. The lowest BCUT2D eigenvalue weighted by molar-refractivity contribution is -0.139. The molecule has 0 fully saturated rings. The van der Waals surface area contributed by atoms with Crippen LogP contribution >= 0.6 is 0 Å². The van der Waals surface area contributed by atoms with Crippen molar-refractivity contribution in [1.29, 1.82) is 0 Å². The van der Waals surface area contributed by atoms with E-state index in [1.807, 2.05) is 11.6 Å². The topological polar surface area (TPSA) is 75.3 Å². The van der Waals surface area contributed by atoms with Crippen LogP contribution in [0.25, 0.3) is 0 Å². The predicted octanol–water partition coefficient (Wildman–Crippen LogP) is 3.93. The average Bonchev–Trinajstić information content (AvgIpc) is 2.60. The number of sulfonamides is 1. The number of hydrogen-bond donors (Lipinski definition) is 2. The summed E-state index contributed by atoms with van der Waals surface area (Å²) in [6, 6.07) is 7.63. The molecular weight excluding hydrogens is 400 g/mol. The second kappa shape index (κ2) is 8.59. The van der Waals surface area contributed by atoms with Gasteiger partial charge in [0, 0.05) is 17.8 Å². The molecule has 0 saturated carbocycles. The maximum atomic E-state index is 13.3. The van der Waals surface area contributed by atoms with Crippen molar-refractivity contribution in [1.82, 2.24) is 5.32 Å². The van der Waals surface area contributed by atoms with Gasteiger partial charge in [0.25, 0.3) is 5.91 Å². The van der Waals surface area contributed by atoms with E-state index in [-0.39, 0.29) is 5.91 Å². The predicted molar refractivity (Wildman–Crippen MR) is 96.7 cm³/mol. The lowest BCUT2D eigenvalue weighted by atomic mass is 10.1. The fraction of sp³-hybridized carbons (Fsp3) is 0.278. The van der Waals surface area contributed by atoms with Gasteiger partial charge < -0.3 is 5.32 Å². The molecule has 0 atom stereocenters. The second-order valence-electron chi connectivity index (χ2n) is 6.01. The number of carbonyl (C=O) groups is 1. The van der Waals surface area contributed by atoms with Crippen LogP contribution in [0.5, 0.6) is 0 Å². The second-order valence-corrected chi connectivity index (χ2v) is 7.73. The van der Waals surface area contributed by atoms with E-state index in [2.05, 4.69) is 5.32 Å². The van der Waals surface area contributed by atoms with Crippen molar-refractivity contribution >= 4 is 21.6 Å². The van der Waals surface area contributed by atoms with Gasteiger partial charge >= 0.3 is 6.18 Å². The van der Waals surface area contributed by atoms with E-state index in [1.54, 1.807) is 0 Å². The molecule has 0 saturated heterocycles. The van der Waals surface area contributed by atoms with Crippen molar-refractivity contribution in [2.45, 2.75) is 25.3 Å². The first-order chi connectivity index (χ1) is 13.0. The van der Waals surface area contributed by atoms with Crippen molar-refractivity contribution in [3.05, 3.63) is 65.0 Å². The van der Waals surface area contributed by atoms with Gasteiger partial charge in [-0.3, -0.25) is 9.52 Å². The van der Waals surface area contributed by atoms with Crippen LogP contribution in [0, 0.1) is 5.82 Å². The Morgan fingerprint density at radius 1 is 1.07 bits per heavy atom. The number of carbonyl (C=O) groups excluding carboxylic acids is 1. The van der Waals surface area contributed by atoms with Crippen LogP contribution in [0.3, 0.4) is 0 Å². The highest BCUT2D eigenvalue weighted by atomic mass is 32.2. The van der Waals surface area contributed by atoms with Crippen LogP contribution in [0.4, 0.5) is 23.2 Å². The van der Waals surface area contributed by atoms with Crippen LogP contribution in [0.2, 0.25) is 0 Å². The fourth-order valence-electron chi connectivity index (χ4n) is 2.33. The molecule has 0 aliphatic rings. The molecule has 10 heteroatoms. The zero-order valence-corrected chi connectivity index (χ0v) is 15.6. The maximum Gasteiger partial charge on any atom is 0.419 e. The van der Waals surface area contributed by atoms with Crippen molar-refractivity contribution in [3.8, 4) is 0 Å². The number of anilines is 1. The van der Waals surface area contributed by atoms with E-state index < -0.39 is 39.0 Å². The Labute approximate surface area is 159 Å². The Morgan fingerprint density at radius 2 is 1.71 bits per heavy atom. The quantitative estimate of drug-likeness (QED) is 0.669. The molecule has 0 unspecified atom stereocenters. The Morgan fingerprint density at radius 3 is 2.29 bits per heavy atom. The molecule has 0 heterocycles. The van der Waals surface area contributed by atoms with Crippen molar-refractivity contribution in [2.75, 3.05) is 11.3 Å². The number of rotatable bonds is 7. The number of benzene rings is 2. The van der Waals surface area contributed by atoms with E-state index in [1.165, 1.54) is 24.3 Å². The van der Waals surface area contributed by atoms with E-state index in [4.69, 9.17) is 0 Å². The lowest BCUT2D eigenvalue weighted by Gasteiger charge is -2.12. The first-order valence-corrected chi connectivity index (χ1v) is 9.91. The van der Waals surface area contributed by atoms with Gasteiger partial charge in [0.2, 0.25) is 10.0 Å². The minimum atomic E-state index is -4.94. The Bertz CT molecular complexity index is 942. The van der Waals surface area contributed by atoms with Gasteiger partial charge in [-0.25, -0.2) is 12.8 Å². The number of nitrogens with one attached hydrogen (secondary N) is 2. The minimum absolute atomic E-state index is 0.291. The first kappa shape index (κ1) is 21.7. The fourth-order valence-corrected chi connectivity index (χ4v) is 3.52. The van der Waals surface area contributed by atoms with Gasteiger partial charge in [-0.15, -0.1) is 0 Å². The molecule has 0 radical (unpaired) electrons. The summed E-state index contributed by atoms with van der Waals surface area (Å²) in [6.45, 7) is 2.41. The van der Waals surface area contributed by atoms with E-state index in [9.17, 15) is 30.8 Å². The molecule has 0 bridgehead atoms. The third-order valence-electron chi connectivity index (χ3n) is 3.65. The number of hydrogen-bond acceptors (Lipinski definition) is 3. The van der Waals surface area contributed by atoms with Gasteiger partial charge in [-0.1, -0.05) is 19.1 Å². The van der Waals surface area contributed by atoms with Crippen LogP contribution < -0.4 is 10.0 Å². The summed E-state index contributed by atoms with van der Waals surface area (Å²) in [6.07, 6.45) is -4.17. The Kier molecular flexibility index (Phi) is 6.65. The zero-order valence-electron chi connectivity index (χ0n) is 14.8. The van der Waals surface area contributed by atoms with E-state index in [0.717, 1.165) is 12.5 Å². The molecule has 152 valence electrons. The smallest absolute Gasteiger partial charge is 0.352 e. The number of alkyl halides is 3. The van der Waals surface area contributed by atoms with Crippen LogP contribution in [0.15, 0.2) is 42.5 Å². The van der Waals surface area contributed by atoms with E-state index >= 15 is 0 Å². The molecule has 0 aliphatic carbocycles. The Balaban J connectivity index is 2.11. The summed E-state index contributed by atoms with van der Waals surface area (Å²) in [5, 5.41) is 2.68. The average molecular weight is 418 g/mol. The summed E-state index contributed by atoms with van der Waals surface area (Å²) in [4.78, 5) is 11.8. The van der Waals surface area contributed by atoms with Crippen molar-refractivity contribution < 1.29 is 30.8 Å². The molecule has 2 aromatic rings. The third kappa shape index (κ3) is 5.95. The van der Waals surface area contributed by atoms with Gasteiger partial charge in [0.15, 0.2) is 0 Å². The van der Waals surface area contributed by atoms with Crippen molar-refractivity contribution in [3.63, 3.8) is 0 Å². The van der Waals surface area contributed by atoms with Crippen LogP contribution in [0.1, 0.15) is 34.8 Å². The summed E-state index contributed by atoms with van der Waals surface area (Å²) in [5.41, 5.74) is -1.27. The number of halogens is 4. The summed E-state index contributed by atoms with van der Waals surface area (Å²) in [5.74, 6) is -2.31. The van der Waals surface area contributed by atoms with Crippen LogP contribution in [-0.2, 0) is 22.0 Å². The molecule has 2 aromatic carbocycles. The van der Waals surface area contributed by atoms with Crippen LogP contribution in [-0.4, -0.2) is 20.9 Å². The largest absolute Gasteiger partial charge is 0.419 e. The minimum Gasteiger partial charge on any atom is -0.352 e. The molecule has 0 aromatic heterocycles. The monoisotopic (exact) mass is 418 g/mol. The lowest BCUT2D eigenvalue weighted by Crippen LogP contribution is -2.23. The van der Waals surface area contributed by atoms with E-state index in [0.29, 0.717) is 29.8 Å². The Hall–Kier alpha value is -2.62. The number of amides is 1.